The molecule has 4 atom stereocenters. The summed E-state index contributed by atoms with van der Waals surface area (Å²) in [6.07, 6.45) is 16.3. The fourth-order valence-corrected chi connectivity index (χ4v) is 6.58. The van der Waals surface area contributed by atoms with Crippen molar-refractivity contribution in [2.45, 2.75) is 88.8 Å². The maximum absolute atomic E-state index is 14.1. The molecule has 1 saturated carbocycles. The number of halogens is 1. The van der Waals surface area contributed by atoms with Gasteiger partial charge in [0.15, 0.2) is 5.69 Å². The van der Waals surface area contributed by atoms with Crippen molar-refractivity contribution in [2.24, 2.45) is 11.8 Å². The van der Waals surface area contributed by atoms with E-state index in [1.54, 1.807) is 6.07 Å². The zero-order chi connectivity index (χ0) is 26.5. The average Bonchev–Trinajstić information content (AvgIpc) is 3.65. The van der Waals surface area contributed by atoms with Gasteiger partial charge in [-0.05, 0) is 60.9 Å². The number of hydrogen-bond acceptors (Lipinski definition) is 5. The lowest BCUT2D eigenvalue weighted by atomic mass is 9.75. The molecule has 2 saturated heterocycles. The molecule has 0 radical (unpaired) electrons. The van der Waals surface area contributed by atoms with Crippen LogP contribution in [0.1, 0.15) is 97.6 Å². The molecule has 1 aromatic heterocycles. The van der Waals surface area contributed by atoms with Gasteiger partial charge >= 0.3 is 5.97 Å². The first-order chi connectivity index (χ1) is 18.5. The number of carboxylic acid groups (broad SMARTS) is 1. The number of carboxylic acids is 1. The van der Waals surface area contributed by atoms with E-state index in [2.05, 4.69) is 10.3 Å². The second-order valence-electron chi connectivity index (χ2n) is 11.0. The summed E-state index contributed by atoms with van der Waals surface area (Å²) in [4.78, 5) is 28.3. The van der Waals surface area contributed by atoms with Crippen molar-refractivity contribution < 1.29 is 28.2 Å². The van der Waals surface area contributed by atoms with Gasteiger partial charge in [-0.1, -0.05) is 51.0 Å². The summed E-state index contributed by atoms with van der Waals surface area (Å²) in [5.74, 6) is -0.496. The van der Waals surface area contributed by atoms with E-state index in [1.807, 2.05) is 0 Å². The summed E-state index contributed by atoms with van der Waals surface area (Å²) in [6, 6.07) is 4.37. The molecule has 2 aliphatic heterocycles. The number of rotatable bonds is 11. The second kappa shape index (κ2) is 12.2. The van der Waals surface area contributed by atoms with Gasteiger partial charge in [-0.3, -0.25) is 4.79 Å². The lowest BCUT2D eigenvalue weighted by Crippen LogP contribution is -2.28. The SMILES string of the molecule is O=C(O)C=Cc1ccc(F)cc1CC1C2CCC(O2)C1c1nc(C(=O)NCCCCC2CCCCC2)co1. The van der Waals surface area contributed by atoms with Crippen molar-refractivity contribution in [3.63, 3.8) is 0 Å². The number of ether oxygens (including phenoxy) is 1. The minimum absolute atomic E-state index is 0.0122. The molecule has 3 aliphatic rings. The topological polar surface area (TPSA) is 102 Å². The van der Waals surface area contributed by atoms with Crippen LogP contribution in [0.5, 0.6) is 0 Å². The summed E-state index contributed by atoms with van der Waals surface area (Å²) in [5, 5.41) is 12.0. The molecule has 5 rings (SSSR count). The molecule has 2 aromatic rings. The average molecular weight is 525 g/mol. The largest absolute Gasteiger partial charge is 0.478 e. The predicted molar refractivity (Wildman–Crippen MR) is 140 cm³/mol. The van der Waals surface area contributed by atoms with Gasteiger partial charge in [0.2, 0.25) is 5.89 Å². The summed E-state index contributed by atoms with van der Waals surface area (Å²) in [5.41, 5.74) is 1.64. The van der Waals surface area contributed by atoms with E-state index in [1.165, 1.54) is 63.0 Å². The molecule has 1 aromatic carbocycles. The summed E-state index contributed by atoms with van der Waals surface area (Å²) >= 11 is 0. The number of hydrogen-bond donors (Lipinski definition) is 2. The minimum atomic E-state index is -1.06. The standard InChI is InChI=1S/C30H37FN2O5/c31-22-11-9-20(10-14-27(34)35)21(16-22)17-23-25-12-13-26(38-25)28(23)30-33-24(18-37-30)29(36)32-15-5-4-8-19-6-2-1-3-7-19/h9-11,14,16,18-19,23,25-26,28H,1-8,12-13,15,17H2,(H,32,36)(H,34,35). The van der Waals surface area contributed by atoms with Gasteiger partial charge < -0.3 is 19.6 Å². The number of carbonyl (C=O) groups excluding carboxylic acids is 1. The van der Waals surface area contributed by atoms with Crippen LogP contribution in [0.3, 0.4) is 0 Å². The number of nitrogens with zero attached hydrogens (tertiary/aromatic N) is 1. The van der Waals surface area contributed by atoms with Crippen LogP contribution in [0.4, 0.5) is 4.39 Å². The molecule has 8 heteroatoms. The number of aromatic nitrogens is 1. The number of aliphatic carboxylic acids is 1. The van der Waals surface area contributed by atoms with Crippen LogP contribution in [-0.4, -0.2) is 40.7 Å². The Labute approximate surface area is 222 Å². The molecule has 204 valence electrons. The molecule has 2 N–H and O–H groups in total. The number of fused-ring (bicyclic) bond motifs is 2. The van der Waals surface area contributed by atoms with Crippen LogP contribution in [0.15, 0.2) is 35.0 Å². The van der Waals surface area contributed by atoms with Gasteiger partial charge in [-0.25, -0.2) is 14.2 Å². The van der Waals surface area contributed by atoms with Crippen LogP contribution in [0.25, 0.3) is 6.08 Å². The van der Waals surface area contributed by atoms with E-state index in [-0.39, 0.29) is 41.5 Å². The lowest BCUT2D eigenvalue weighted by molar-refractivity contribution is -0.131. The molecular weight excluding hydrogens is 487 g/mol. The van der Waals surface area contributed by atoms with Gasteiger partial charge in [-0.2, -0.15) is 0 Å². The highest BCUT2D eigenvalue weighted by atomic mass is 19.1. The first-order valence-corrected chi connectivity index (χ1v) is 14.1. The molecule has 38 heavy (non-hydrogen) atoms. The summed E-state index contributed by atoms with van der Waals surface area (Å²) in [6.45, 7) is 0.625. The molecule has 3 heterocycles. The number of nitrogens with one attached hydrogen (secondary N) is 1. The Kier molecular flexibility index (Phi) is 8.57. The summed E-state index contributed by atoms with van der Waals surface area (Å²) in [7, 11) is 0. The van der Waals surface area contributed by atoms with E-state index in [0.717, 1.165) is 37.7 Å². The summed E-state index contributed by atoms with van der Waals surface area (Å²) < 4.78 is 26.1. The Morgan fingerprint density at radius 2 is 1.92 bits per heavy atom. The Hall–Kier alpha value is -3.00. The van der Waals surface area contributed by atoms with Crippen LogP contribution >= 0.6 is 0 Å². The molecule has 1 amide bonds. The zero-order valence-electron chi connectivity index (χ0n) is 21.7. The fraction of sp³-hybridized carbons (Fsp3) is 0.567. The smallest absolute Gasteiger partial charge is 0.328 e. The van der Waals surface area contributed by atoms with Crippen LogP contribution < -0.4 is 5.32 Å². The van der Waals surface area contributed by atoms with Gasteiger partial charge in [0.25, 0.3) is 5.91 Å². The molecule has 2 bridgehead atoms. The molecule has 4 unspecified atom stereocenters. The molecular formula is C30H37FN2O5. The molecule has 0 spiro atoms. The van der Waals surface area contributed by atoms with E-state index >= 15 is 0 Å². The van der Waals surface area contributed by atoms with Crippen molar-refractivity contribution >= 4 is 18.0 Å². The van der Waals surface area contributed by atoms with E-state index in [4.69, 9.17) is 14.3 Å². The Morgan fingerprint density at radius 1 is 1.11 bits per heavy atom. The highest BCUT2D eigenvalue weighted by molar-refractivity contribution is 5.91. The number of amides is 1. The normalized spacial score (nSPS) is 25.3. The molecule has 7 nitrogen and oxygen atoms in total. The highest BCUT2D eigenvalue weighted by Gasteiger charge is 2.51. The Bertz CT molecular complexity index is 1160. The van der Waals surface area contributed by atoms with Crippen molar-refractivity contribution in [2.75, 3.05) is 6.54 Å². The monoisotopic (exact) mass is 524 g/mol. The van der Waals surface area contributed by atoms with Gasteiger partial charge in [0.05, 0.1) is 18.1 Å². The fourth-order valence-electron chi connectivity index (χ4n) is 6.58. The van der Waals surface area contributed by atoms with Crippen LogP contribution in [-0.2, 0) is 16.0 Å². The maximum atomic E-state index is 14.1. The number of benzene rings is 1. The van der Waals surface area contributed by atoms with Gasteiger partial charge in [-0.15, -0.1) is 0 Å². The van der Waals surface area contributed by atoms with Crippen LogP contribution in [0, 0.1) is 17.7 Å². The molecule has 3 fully saturated rings. The van der Waals surface area contributed by atoms with Crippen molar-refractivity contribution in [3.05, 3.63) is 59.1 Å². The quantitative estimate of drug-likeness (QED) is 0.281. The third kappa shape index (κ3) is 6.34. The Balaban J connectivity index is 1.20. The van der Waals surface area contributed by atoms with E-state index in [9.17, 15) is 14.0 Å². The third-order valence-corrected chi connectivity index (χ3v) is 8.48. The Morgan fingerprint density at radius 3 is 2.74 bits per heavy atom. The first-order valence-electron chi connectivity index (χ1n) is 14.1. The van der Waals surface area contributed by atoms with Crippen molar-refractivity contribution in [1.82, 2.24) is 10.3 Å². The van der Waals surface area contributed by atoms with Crippen molar-refractivity contribution in [3.8, 4) is 0 Å². The highest BCUT2D eigenvalue weighted by Crippen LogP contribution is 2.50. The number of unbranched alkanes of at least 4 members (excludes halogenated alkanes) is 1. The first kappa shape index (κ1) is 26.6. The minimum Gasteiger partial charge on any atom is -0.478 e. The second-order valence-corrected chi connectivity index (χ2v) is 11.0. The predicted octanol–water partition coefficient (Wildman–Crippen LogP) is 5.90. The number of oxazole rings is 1. The third-order valence-electron chi connectivity index (χ3n) is 8.48. The number of carbonyl (C=O) groups is 2. The lowest BCUT2D eigenvalue weighted by Gasteiger charge is -2.26. The van der Waals surface area contributed by atoms with Crippen LogP contribution in [0.2, 0.25) is 0 Å². The molecule has 1 aliphatic carbocycles. The van der Waals surface area contributed by atoms with Gasteiger partial charge in [0.1, 0.15) is 12.1 Å². The van der Waals surface area contributed by atoms with E-state index in [0.29, 0.717) is 30.0 Å². The zero-order valence-corrected chi connectivity index (χ0v) is 21.7. The maximum Gasteiger partial charge on any atom is 0.328 e. The van der Waals surface area contributed by atoms with Gasteiger partial charge in [0, 0.05) is 18.5 Å². The van der Waals surface area contributed by atoms with E-state index < -0.39 is 5.97 Å². The van der Waals surface area contributed by atoms with Crippen molar-refractivity contribution in [1.29, 1.82) is 0 Å².